The van der Waals surface area contributed by atoms with E-state index in [1.807, 2.05) is 91.0 Å². The molecule has 3 aromatic rings. The number of carbonyl (C=O) groups is 1. The highest BCUT2D eigenvalue weighted by Crippen LogP contribution is 2.47. The van der Waals surface area contributed by atoms with E-state index in [0.717, 1.165) is 29.0 Å². The second kappa shape index (κ2) is 9.12. The highest BCUT2D eigenvalue weighted by atomic mass is 31.2. The number of carbonyl (C=O) groups excluding carboxylic acids is 1. The van der Waals surface area contributed by atoms with E-state index >= 15 is 0 Å². The SMILES string of the molecule is CC[C@@H]1CCC(=O)[C@H]1[C@@H](NP(=O)(c1ccccc1)c1ccccc1)c1ccccc1. The maximum atomic E-state index is 14.6. The van der Waals surface area contributed by atoms with Gasteiger partial charge in [0.15, 0.2) is 0 Å². The van der Waals surface area contributed by atoms with Gasteiger partial charge in [0.25, 0.3) is 0 Å². The van der Waals surface area contributed by atoms with Crippen molar-refractivity contribution in [2.45, 2.75) is 32.2 Å². The normalized spacial score (nSPS) is 20.2. The molecular formula is C26H28NO2P. The van der Waals surface area contributed by atoms with Crippen molar-refractivity contribution >= 4 is 23.7 Å². The first kappa shape index (κ1) is 20.8. The molecule has 0 aliphatic heterocycles. The predicted octanol–water partition coefficient (Wildman–Crippen LogP) is 5.25. The maximum absolute atomic E-state index is 14.6. The minimum atomic E-state index is -3.16. The number of ketones is 1. The molecule has 1 saturated carbocycles. The fourth-order valence-electron chi connectivity index (χ4n) is 4.65. The van der Waals surface area contributed by atoms with Gasteiger partial charge in [-0.1, -0.05) is 80.1 Å². The van der Waals surface area contributed by atoms with Crippen LogP contribution < -0.4 is 15.7 Å². The van der Waals surface area contributed by atoms with Crippen LogP contribution in [0.1, 0.15) is 37.8 Å². The second-order valence-electron chi connectivity index (χ2n) is 8.00. The third kappa shape index (κ3) is 4.05. The lowest BCUT2D eigenvalue weighted by Crippen LogP contribution is -2.37. The molecule has 0 spiro atoms. The molecule has 3 aromatic carbocycles. The van der Waals surface area contributed by atoms with Crippen molar-refractivity contribution in [1.82, 2.24) is 5.09 Å². The van der Waals surface area contributed by atoms with Crippen LogP contribution in [0.5, 0.6) is 0 Å². The van der Waals surface area contributed by atoms with Gasteiger partial charge in [-0.2, -0.15) is 0 Å². The highest BCUT2D eigenvalue weighted by Gasteiger charge is 2.43. The summed E-state index contributed by atoms with van der Waals surface area (Å²) in [4.78, 5) is 13.0. The fourth-order valence-corrected chi connectivity index (χ4v) is 7.13. The van der Waals surface area contributed by atoms with Gasteiger partial charge in [0.05, 0.1) is 0 Å². The average Bonchev–Trinajstić information content (AvgIpc) is 3.19. The first-order chi connectivity index (χ1) is 14.6. The van der Waals surface area contributed by atoms with E-state index in [-0.39, 0.29) is 17.7 Å². The topological polar surface area (TPSA) is 46.2 Å². The van der Waals surface area contributed by atoms with Crippen LogP contribution in [0.15, 0.2) is 91.0 Å². The molecule has 0 bridgehead atoms. The summed E-state index contributed by atoms with van der Waals surface area (Å²) in [5.74, 6) is 0.407. The lowest BCUT2D eigenvalue weighted by atomic mass is 9.84. The van der Waals surface area contributed by atoms with Gasteiger partial charge in [0.2, 0.25) is 7.29 Å². The molecule has 0 aromatic heterocycles. The molecule has 0 amide bonds. The van der Waals surface area contributed by atoms with Crippen LogP contribution in [0.4, 0.5) is 0 Å². The number of rotatable bonds is 7. The molecule has 4 rings (SSSR count). The Bertz CT molecular complexity index is 977. The summed E-state index contributed by atoms with van der Waals surface area (Å²) >= 11 is 0. The molecule has 0 radical (unpaired) electrons. The first-order valence-electron chi connectivity index (χ1n) is 10.7. The summed E-state index contributed by atoms with van der Waals surface area (Å²) in [7, 11) is -3.16. The van der Waals surface area contributed by atoms with Crippen molar-refractivity contribution < 1.29 is 9.36 Å². The quantitative estimate of drug-likeness (QED) is 0.534. The Morgan fingerprint density at radius 1 is 0.867 bits per heavy atom. The zero-order valence-corrected chi connectivity index (χ0v) is 18.2. The van der Waals surface area contributed by atoms with Crippen LogP contribution in [0.25, 0.3) is 0 Å². The number of hydrogen-bond donors (Lipinski definition) is 1. The minimum absolute atomic E-state index is 0.168. The van der Waals surface area contributed by atoms with Crippen molar-refractivity contribution in [3.05, 3.63) is 96.6 Å². The van der Waals surface area contributed by atoms with Crippen LogP contribution in [0, 0.1) is 11.8 Å². The van der Waals surface area contributed by atoms with Gasteiger partial charge in [-0.15, -0.1) is 0 Å². The monoisotopic (exact) mass is 417 g/mol. The highest BCUT2D eigenvalue weighted by molar-refractivity contribution is 7.76. The van der Waals surface area contributed by atoms with Gasteiger partial charge in [0.1, 0.15) is 5.78 Å². The molecule has 3 nitrogen and oxygen atoms in total. The van der Waals surface area contributed by atoms with E-state index < -0.39 is 7.29 Å². The van der Waals surface area contributed by atoms with Gasteiger partial charge >= 0.3 is 0 Å². The van der Waals surface area contributed by atoms with Crippen LogP contribution in [0.3, 0.4) is 0 Å². The molecule has 30 heavy (non-hydrogen) atoms. The summed E-state index contributed by atoms with van der Waals surface area (Å²) < 4.78 is 14.6. The molecule has 4 heteroatoms. The molecule has 0 unspecified atom stereocenters. The molecule has 0 saturated heterocycles. The van der Waals surface area contributed by atoms with E-state index in [1.165, 1.54) is 0 Å². The summed E-state index contributed by atoms with van der Waals surface area (Å²) in [6.07, 6.45) is 2.46. The van der Waals surface area contributed by atoms with Gasteiger partial charge in [-0.05, 0) is 42.2 Å². The molecule has 3 atom stereocenters. The van der Waals surface area contributed by atoms with Crippen molar-refractivity contribution in [2.75, 3.05) is 0 Å². The number of Topliss-reactive ketones (excluding diaryl/α,β-unsaturated/α-hetero) is 1. The Hall–Kier alpha value is -2.48. The lowest BCUT2D eigenvalue weighted by molar-refractivity contribution is -0.122. The molecule has 1 aliphatic carbocycles. The van der Waals surface area contributed by atoms with Crippen molar-refractivity contribution in [3.63, 3.8) is 0 Å². The van der Waals surface area contributed by atoms with E-state index in [2.05, 4.69) is 12.0 Å². The summed E-state index contributed by atoms with van der Waals surface area (Å²) in [6.45, 7) is 2.15. The minimum Gasteiger partial charge on any atom is -0.299 e. The Labute approximate surface area is 179 Å². The van der Waals surface area contributed by atoms with Gasteiger partial charge in [-0.25, -0.2) is 0 Å². The summed E-state index contributed by atoms with van der Waals surface area (Å²) in [5, 5.41) is 5.07. The number of benzene rings is 3. The Balaban J connectivity index is 1.84. The maximum Gasteiger partial charge on any atom is 0.205 e. The van der Waals surface area contributed by atoms with Crippen molar-refractivity contribution in [2.24, 2.45) is 11.8 Å². The van der Waals surface area contributed by atoms with E-state index in [1.54, 1.807) is 0 Å². The van der Waals surface area contributed by atoms with Crippen molar-refractivity contribution in [1.29, 1.82) is 0 Å². The van der Waals surface area contributed by atoms with Crippen molar-refractivity contribution in [3.8, 4) is 0 Å². The van der Waals surface area contributed by atoms with Gasteiger partial charge < -0.3 is 0 Å². The van der Waals surface area contributed by atoms with Crippen LogP contribution in [-0.4, -0.2) is 5.78 Å². The van der Waals surface area contributed by atoms with Crippen LogP contribution in [-0.2, 0) is 9.36 Å². The Morgan fingerprint density at radius 2 is 1.37 bits per heavy atom. The average molecular weight is 417 g/mol. The van der Waals surface area contributed by atoms with E-state index in [9.17, 15) is 9.36 Å². The van der Waals surface area contributed by atoms with Crippen LogP contribution in [0.2, 0.25) is 0 Å². The third-order valence-electron chi connectivity index (χ3n) is 6.24. The lowest BCUT2D eigenvalue weighted by Gasteiger charge is -2.33. The standard InChI is InChI=1S/C26H28NO2P/c1-2-20-18-19-24(28)25(20)26(21-12-6-3-7-13-21)27-30(29,22-14-8-4-9-15-22)23-16-10-5-11-17-23/h3-17,20,25-26H,2,18-19H2,1H3,(H,27,29)/t20-,25+,26+/m1/s1. The smallest absolute Gasteiger partial charge is 0.205 e. The molecule has 1 aliphatic rings. The van der Waals surface area contributed by atoms with E-state index in [4.69, 9.17) is 0 Å². The molecule has 1 N–H and O–H groups in total. The Morgan fingerprint density at radius 3 is 1.87 bits per heavy atom. The Kier molecular flexibility index (Phi) is 6.32. The largest absolute Gasteiger partial charge is 0.299 e. The van der Waals surface area contributed by atoms with Gasteiger partial charge in [0, 0.05) is 29.0 Å². The second-order valence-corrected chi connectivity index (χ2v) is 10.5. The molecular weight excluding hydrogens is 389 g/mol. The molecule has 154 valence electrons. The summed E-state index contributed by atoms with van der Waals surface area (Å²) in [6, 6.07) is 28.9. The van der Waals surface area contributed by atoms with Gasteiger partial charge in [-0.3, -0.25) is 14.4 Å². The molecule has 0 heterocycles. The first-order valence-corrected chi connectivity index (χ1v) is 12.4. The van der Waals surface area contributed by atoms with E-state index in [0.29, 0.717) is 12.3 Å². The fraction of sp³-hybridized carbons (Fsp3) is 0.269. The predicted molar refractivity (Wildman–Crippen MR) is 124 cm³/mol. The molecule has 1 fully saturated rings. The van der Waals surface area contributed by atoms with Crippen LogP contribution >= 0.6 is 7.29 Å². The number of hydrogen-bond acceptors (Lipinski definition) is 2. The number of nitrogens with one attached hydrogen (secondary N) is 1. The third-order valence-corrected chi connectivity index (χ3v) is 8.94. The summed E-state index contributed by atoms with van der Waals surface area (Å²) in [5.41, 5.74) is 1.02. The zero-order valence-electron chi connectivity index (χ0n) is 17.3. The zero-order chi connectivity index (χ0) is 21.0.